The predicted octanol–water partition coefficient (Wildman–Crippen LogP) is 1.35. The lowest BCUT2D eigenvalue weighted by atomic mass is 9.95. The van der Waals surface area contributed by atoms with Crippen molar-refractivity contribution >= 4 is 9.84 Å². The fraction of sp³-hybridized carbons (Fsp3) is 0.833. The van der Waals surface area contributed by atoms with Gasteiger partial charge in [-0.3, -0.25) is 0 Å². The van der Waals surface area contributed by atoms with Crippen molar-refractivity contribution in [2.24, 2.45) is 0 Å². The van der Waals surface area contributed by atoms with Crippen LogP contribution in [0.1, 0.15) is 38.5 Å². The van der Waals surface area contributed by atoms with Crippen LogP contribution in [0.25, 0.3) is 0 Å². The molecule has 0 radical (unpaired) electrons. The van der Waals surface area contributed by atoms with Crippen molar-refractivity contribution in [1.29, 1.82) is 0 Å². The lowest BCUT2D eigenvalue weighted by molar-refractivity contribution is 0.371. The fourth-order valence-corrected chi connectivity index (χ4v) is 3.39. The summed E-state index contributed by atoms with van der Waals surface area (Å²) in [5.74, 6) is 2.60. The van der Waals surface area contributed by atoms with Gasteiger partial charge in [0.15, 0.2) is 0 Å². The molecule has 0 aromatic heterocycles. The van der Waals surface area contributed by atoms with Gasteiger partial charge in [-0.2, -0.15) is 0 Å². The van der Waals surface area contributed by atoms with E-state index in [0.29, 0.717) is 6.04 Å². The maximum Gasteiger partial charge on any atom is 0.150 e. The normalized spacial score (nSPS) is 26.2. The molecule has 0 spiro atoms. The fourth-order valence-electron chi connectivity index (χ4n) is 2.22. The highest BCUT2D eigenvalue weighted by molar-refractivity contribution is 7.91. The number of hydrogen-bond acceptors (Lipinski definition) is 3. The molecule has 0 heterocycles. The summed E-state index contributed by atoms with van der Waals surface area (Å²) < 4.78 is 22.9. The molecule has 1 fully saturated rings. The van der Waals surface area contributed by atoms with Gasteiger partial charge in [0.25, 0.3) is 0 Å². The van der Waals surface area contributed by atoms with E-state index in [4.69, 9.17) is 6.42 Å². The summed E-state index contributed by atoms with van der Waals surface area (Å²) in [4.78, 5) is 0. The topological polar surface area (TPSA) is 46.2 Å². The first kappa shape index (κ1) is 13.5. The molecule has 1 aliphatic carbocycles. The molecular weight excluding hydrogens is 222 g/mol. The van der Waals surface area contributed by atoms with Gasteiger partial charge in [-0.1, -0.05) is 6.42 Å². The van der Waals surface area contributed by atoms with Gasteiger partial charge in [0.1, 0.15) is 9.84 Å². The number of sulfone groups is 1. The van der Waals surface area contributed by atoms with Gasteiger partial charge in [0.05, 0.1) is 5.25 Å². The molecule has 92 valence electrons. The van der Waals surface area contributed by atoms with Crippen LogP contribution in [0.4, 0.5) is 0 Å². The highest BCUT2D eigenvalue weighted by atomic mass is 32.2. The van der Waals surface area contributed by atoms with Crippen molar-refractivity contribution in [3.05, 3.63) is 0 Å². The summed E-state index contributed by atoms with van der Waals surface area (Å²) >= 11 is 0. The molecule has 0 amide bonds. The average molecular weight is 243 g/mol. The Morgan fingerprint density at radius 2 is 2.19 bits per heavy atom. The highest BCUT2D eigenvalue weighted by Gasteiger charge is 2.28. The van der Waals surface area contributed by atoms with Crippen LogP contribution in [0, 0.1) is 12.3 Å². The number of hydrogen-bond donors (Lipinski definition) is 1. The van der Waals surface area contributed by atoms with Crippen molar-refractivity contribution in [3.8, 4) is 12.3 Å². The zero-order valence-electron chi connectivity index (χ0n) is 9.91. The monoisotopic (exact) mass is 243 g/mol. The summed E-state index contributed by atoms with van der Waals surface area (Å²) in [6, 6.07) is 0.353. The first-order valence-corrected chi connectivity index (χ1v) is 7.85. The first-order chi connectivity index (χ1) is 7.54. The Morgan fingerprint density at radius 1 is 1.44 bits per heavy atom. The third kappa shape index (κ3) is 4.54. The minimum absolute atomic E-state index is 0.147. The molecule has 0 saturated heterocycles. The SMILES string of the molecule is C#CCCCNC1CCCC(S(C)(=O)=O)C1. The summed E-state index contributed by atoms with van der Waals surface area (Å²) in [6.45, 7) is 0.894. The van der Waals surface area contributed by atoms with Crippen LogP contribution in [0.2, 0.25) is 0 Å². The standard InChI is InChI=1S/C12H21NO2S/c1-3-4-5-9-13-11-7-6-8-12(10-11)16(2,14)15/h1,11-13H,4-10H2,2H3. The minimum Gasteiger partial charge on any atom is -0.314 e. The van der Waals surface area contributed by atoms with Crippen molar-refractivity contribution in [3.63, 3.8) is 0 Å². The Bertz CT molecular complexity index is 343. The summed E-state index contributed by atoms with van der Waals surface area (Å²) in [6.07, 6.45) is 11.9. The zero-order valence-corrected chi connectivity index (χ0v) is 10.7. The van der Waals surface area contributed by atoms with E-state index >= 15 is 0 Å². The van der Waals surface area contributed by atoms with Gasteiger partial charge < -0.3 is 5.32 Å². The predicted molar refractivity (Wildman–Crippen MR) is 67.0 cm³/mol. The van der Waals surface area contributed by atoms with Crippen molar-refractivity contribution in [1.82, 2.24) is 5.32 Å². The van der Waals surface area contributed by atoms with E-state index in [0.717, 1.165) is 45.1 Å². The Morgan fingerprint density at radius 3 is 2.81 bits per heavy atom. The van der Waals surface area contributed by atoms with Gasteiger partial charge >= 0.3 is 0 Å². The number of rotatable bonds is 5. The van der Waals surface area contributed by atoms with Crippen LogP contribution in [-0.2, 0) is 9.84 Å². The molecular formula is C12H21NO2S. The zero-order chi connectivity index (χ0) is 12.0. The summed E-state index contributed by atoms with van der Waals surface area (Å²) in [5.41, 5.74) is 0. The number of nitrogens with one attached hydrogen (secondary N) is 1. The molecule has 1 N–H and O–H groups in total. The lowest BCUT2D eigenvalue weighted by Crippen LogP contribution is -2.39. The van der Waals surface area contributed by atoms with Gasteiger partial charge in [0.2, 0.25) is 0 Å². The van der Waals surface area contributed by atoms with E-state index in [1.54, 1.807) is 0 Å². The Hall–Kier alpha value is -0.530. The van der Waals surface area contributed by atoms with Crippen molar-refractivity contribution in [2.45, 2.75) is 49.8 Å². The van der Waals surface area contributed by atoms with Crippen molar-refractivity contribution in [2.75, 3.05) is 12.8 Å². The van der Waals surface area contributed by atoms with Crippen LogP contribution in [-0.4, -0.2) is 32.5 Å². The number of terminal acetylenes is 1. The molecule has 1 rings (SSSR count). The second kappa shape index (κ2) is 6.27. The van der Waals surface area contributed by atoms with E-state index in [2.05, 4.69) is 11.2 Å². The van der Waals surface area contributed by atoms with E-state index in [1.165, 1.54) is 6.26 Å². The Balaban J connectivity index is 2.31. The average Bonchev–Trinajstić information content (AvgIpc) is 2.24. The largest absolute Gasteiger partial charge is 0.314 e. The van der Waals surface area contributed by atoms with E-state index < -0.39 is 9.84 Å². The Kier molecular flexibility index (Phi) is 5.30. The maximum atomic E-state index is 11.5. The van der Waals surface area contributed by atoms with Crippen LogP contribution in [0.3, 0.4) is 0 Å². The van der Waals surface area contributed by atoms with Crippen LogP contribution in [0.5, 0.6) is 0 Å². The van der Waals surface area contributed by atoms with Crippen molar-refractivity contribution < 1.29 is 8.42 Å². The maximum absolute atomic E-state index is 11.5. The molecule has 1 aliphatic rings. The van der Waals surface area contributed by atoms with Gasteiger partial charge in [-0.25, -0.2) is 8.42 Å². The first-order valence-electron chi connectivity index (χ1n) is 5.89. The summed E-state index contributed by atoms with van der Waals surface area (Å²) in [7, 11) is -2.87. The summed E-state index contributed by atoms with van der Waals surface area (Å²) in [5, 5.41) is 3.25. The third-order valence-corrected chi connectivity index (χ3v) is 4.80. The van der Waals surface area contributed by atoms with E-state index in [-0.39, 0.29) is 5.25 Å². The second-order valence-electron chi connectivity index (χ2n) is 4.58. The van der Waals surface area contributed by atoms with Crippen LogP contribution >= 0.6 is 0 Å². The quantitative estimate of drug-likeness (QED) is 0.585. The Labute approximate surface area is 98.9 Å². The van der Waals surface area contributed by atoms with E-state index in [1.807, 2.05) is 0 Å². The molecule has 0 aromatic carbocycles. The van der Waals surface area contributed by atoms with E-state index in [9.17, 15) is 8.42 Å². The third-order valence-electron chi connectivity index (χ3n) is 3.16. The lowest BCUT2D eigenvalue weighted by Gasteiger charge is -2.28. The molecule has 0 aromatic rings. The molecule has 4 heteroatoms. The second-order valence-corrected chi connectivity index (χ2v) is 6.90. The van der Waals surface area contributed by atoms with Crippen LogP contribution < -0.4 is 5.32 Å². The molecule has 0 bridgehead atoms. The molecule has 0 aliphatic heterocycles. The number of unbranched alkanes of at least 4 members (excludes halogenated alkanes) is 1. The smallest absolute Gasteiger partial charge is 0.150 e. The minimum atomic E-state index is -2.87. The molecule has 16 heavy (non-hydrogen) atoms. The van der Waals surface area contributed by atoms with Gasteiger partial charge in [-0.05, 0) is 32.2 Å². The molecule has 2 atom stereocenters. The molecule has 1 saturated carbocycles. The molecule has 3 nitrogen and oxygen atoms in total. The highest BCUT2D eigenvalue weighted by Crippen LogP contribution is 2.23. The molecule has 2 unspecified atom stereocenters. The van der Waals surface area contributed by atoms with Gasteiger partial charge in [-0.15, -0.1) is 12.3 Å². The van der Waals surface area contributed by atoms with Gasteiger partial charge in [0, 0.05) is 18.7 Å². The van der Waals surface area contributed by atoms with Crippen LogP contribution in [0.15, 0.2) is 0 Å².